The molecule has 0 saturated heterocycles. The Morgan fingerprint density at radius 3 is 2.55 bits per heavy atom. The van der Waals surface area contributed by atoms with Gasteiger partial charge in [-0.1, -0.05) is 42.3 Å². The van der Waals surface area contributed by atoms with Crippen LogP contribution in [0.3, 0.4) is 0 Å². The van der Waals surface area contributed by atoms with Gasteiger partial charge in [-0.3, -0.25) is 9.78 Å². The summed E-state index contributed by atoms with van der Waals surface area (Å²) in [6, 6.07) is 8.96. The predicted molar refractivity (Wildman–Crippen MR) is 81.2 cm³/mol. The van der Waals surface area contributed by atoms with Crippen molar-refractivity contribution < 1.29 is 4.79 Å². The van der Waals surface area contributed by atoms with Crippen LogP contribution in [0.5, 0.6) is 0 Å². The Balaban J connectivity index is 2.16. The molecule has 0 aliphatic carbocycles. The van der Waals surface area contributed by atoms with Crippen molar-refractivity contribution in [1.29, 1.82) is 0 Å². The Kier molecular flexibility index (Phi) is 4.99. The van der Waals surface area contributed by atoms with Gasteiger partial charge in [0.25, 0.3) is 5.91 Å². The maximum absolute atomic E-state index is 12.2. The molecule has 104 valence electrons. The van der Waals surface area contributed by atoms with Crippen molar-refractivity contribution in [3.8, 4) is 0 Å². The zero-order chi connectivity index (χ0) is 14.5. The number of nitrogens with one attached hydrogen (secondary N) is 1. The Hall–Kier alpha value is -1.58. The number of carbonyl (C=O) groups is 1. The van der Waals surface area contributed by atoms with E-state index in [1.54, 1.807) is 12.3 Å². The lowest BCUT2D eigenvalue weighted by atomic mass is 10.0. The summed E-state index contributed by atoms with van der Waals surface area (Å²) in [4.78, 5) is 16.1. The Morgan fingerprint density at radius 2 is 1.95 bits per heavy atom. The molecule has 0 radical (unpaired) electrons. The van der Waals surface area contributed by atoms with Crippen molar-refractivity contribution in [2.24, 2.45) is 0 Å². The standard InChI is InChI=1S/C15H14Cl2N2O/c1-2-14(10-3-5-11(16)6-4-10)19-15(20)12-7-8-18-9-13(12)17/h3-9,14H,2H2,1H3,(H,19,20). The molecule has 0 saturated carbocycles. The van der Waals surface area contributed by atoms with Crippen LogP contribution in [0, 0.1) is 0 Å². The molecule has 1 aromatic carbocycles. The highest BCUT2D eigenvalue weighted by Crippen LogP contribution is 2.21. The molecule has 2 aromatic rings. The fourth-order valence-corrected chi connectivity index (χ4v) is 2.24. The van der Waals surface area contributed by atoms with Gasteiger partial charge in [0, 0.05) is 17.4 Å². The number of pyridine rings is 1. The third-order valence-electron chi connectivity index (χ3n) is 3.00. The number of aromatic nitrogens is 1. The van der Waals surface area contributed by atoms with Crippen LogP contribution in [0.1, 0.15) is 35.3 Å². The quantitative estimate of drug-likeness (QED) is 0.916. The lowest BCUT2D eigenvalue weighted by Crippen LogP contribution is -2.28. The van der Waals surface area contributed by atoms with E-state index in [1.807, 2.05) is 31.2 Å². The average Bonchev–Trinajstić information content (AvgIpc) is 2.46. The minimum absolute atomic E-state index is 0.0796. The molecule has 0 aliphatic rings. The molecule has 1 N–H and O–H groups in total. The summed E-state index contributed by atoms with van der Waals surface area (Å²) in [6.45, 7) is 2.01. The summed E-state index contributed by atoms with van der Waals surface area (Å²) in [5, 5.41) is 3.98. The van der Waals surface area contributed by atoms with Crippen LogP contribution < -0.4 is 5.32 Å². The molecule has 0 bridgehead atoms. The Bertz CT molecular complexity index is 599. The van der Waals surface area contributed by atoms with Gasteiger partial charge < -0.3 is 5.32 Å². The summed E-state index contributed by atoms with van der Waals surface area (Å²) in [6.07, 6.45) is 3.78. The monoisotopic (exact) mass is 308 g/mol. The van der Waals surface area contributed by atoms with Gasteiger partial charge in [-0.15, -0.1) is 0 Å². The van der Waals surface area contributed by atoms with Crippen molar-refractivity contribution >= 4 is 29.1 Å². The number of halogens is 2. The zero-order valence-electron chi connectivity index (χ0n) is 10.9. The van der Waals surface area contributed by atoms with E-state index in [0.29, 0.717) is 15.6 Å². The summed E-state index contributed by atoms with van der Waals surface area (Å²) in [5.74, 6) is -0.209. The topological polar surface area (TPSA) is 42.0 Å². The van der Waals surface area contributed by atoms with Crippen LogP contribution in [0.4, 0.5) is 0 Å². The summed E-state index contributed by atoms with van der Waals surface area (Å²) in [7, 11) is 0. The van der Waals surface area contributed by atoms with Gasteiger partial charge in [-0.05, 0) is 30.2 Å². The number of nitrogens with zero attached hydrogens (tertiary/aromatic N) is 1. The van der Waals surface area contributed by atoms with Crippen molar-refractivity contribution in [2.75, 3.05) is 0 Å². The average molecular weight is 309 g/mol. The number of rotatable bonds is 4. The second-order valence-electron chi connectivity index (χ2n) is 4.34. The normalized spacial score (nSPS) is 11.9. The first-order chi connectivity index (χ1) is 9.61. The Labute approximate surface area is 127 Å². The highest BCUT2D eigenvalue weighted by atomic mass is 35.5. The number of hydrogen-bond donors (Lipinski definition) is 1. The summed E-state index contributed by atoms with van der Waals surface area (Å²) < 4.78 is 0. The molecule has 1 unspecified atom stereocenters. The van der Waals surface area contributed by atoms with Crippen LogP contribution in [0.15, 0.2) is 42.7 Å². The van der Waals surface area contributed by atoms with Gasteiger partial charge in [0.1, 0.15) is 0 Å². The second kappa shape index (κ2) is 6.73. The number of hydrogen-bond acceptors (Lipinski definition) is 2. The van der Waals surface area contributed by atoms with E-state index in [1.165, 1.54) is 6.20 Å². The van der Waals surface area contributed by atoms with Crippen LogP contribution >= 0.6 is 23.2 Å². The van der Waals surface area contributed by atoms with Crippen molar-refractivity contribution in [3.63, 3.8) is 0 Å². The maximum Gasteiger partial charge on any atom is 0.253 e. The third kappa shape index (κ3) is 3.50. The van der Waals surface area contributed by atoms with Gasteiger partial charge in [-0.2, -0.15) is 0 Å². The van der Waals surface area contributed by atoms with Gasteiger partial charge >= 0.3 is 0 Å². The third-order valence-corrected chi connectivity index (χ3v) is 3.56. The van der Waals surface area contributed by atoms with E-state index in [2.05, 4.69) is 10.3 Å². The minimum Gasteiger partial charge on any atom is -0.345 e. The molecule has 1 aromatic heterocycles. The van der Waals surface area contributed by atoms with Gasteiger partial charge in [0.15, 0.2) is 0 Å². The van der Waals surface area contributed by atoms with Gasteiger partial charge in [-0.25, -0.2) is 0 Å². The first-order valence-electron chi connectivity index (χ1n) is 6.27. The van der Waals surface area contributed by atoms with Crippen molar-refractivity contribution in [2.45, 2.75) is 19.4 Å². The van der Waals surface area contributed by atoms with Crippen LogP contribution in [-0.2, 0) is 0 Å². The highest BCUT2D eigenvalue weighted by molar-refractivity contribution is 6.33. The van der Waals surface area contributed by atoms with E-state index in [9.17, 15) is 4.79 Å². The van der Waals surface area contributed by atoms with Gasteiger partial charge in [0.2, 0.25) is 0 Å². The molecular formula is C15H14Cl2N2O. The fraction of sp³-hybridized carbons (Fsp3) is 0.200. The molecular weight excluding hydrogens is 295 g/mol. The predicted octanol–water partition coefficient (Wildman–Crippen LogP) is 4.27. The lowest BCUT2D eigenvalue weighted by Gasteiger charge is -2.18. The number of benzene rings is 1. The molecule has 2 rings (SSSR count). The number of amides is 1. The zero-order valence-corrected chi connectivity index (χ0v) is 12.4. The lowest BCUT2D eigenvalue weighted by molar-refractivity contribution is 0.0935. The molecule has 0 fully saturated rings. The molecule has 5 heteroatoms. The number of carbonyl (C=O) groups excluding carboxylic acids is 1. The van der Waals surface area contributed by atoms with Crippen molar-refractivity contribution in [3.05, 3.63) is 63.9 Å². The summed E-state index contributed by atoms with van der Waals surface area (Å²) >= 11 is 11.8. The first-order valence-corrected chi connectivity index (χ1v) is 7.03. The molecule has 3 nitrogen and oxygen atoms in total. The van der Waals surface area contributed by atoms with Crippen LogP contribution in [-0.4, -0.2) is 10.9 Å². The summed E-state index contributed by atoms with van der Waals surface area (Å²) in [5.41, 5.74) is 1.43. The smallest absolute Gasteiger partial charge is 0.253 e. The minimum atomic E-state index is -0.209. The van der Waals surface area contributed by atoms with Crippen molar-refractivity contribution in [1.82, 2.24) is 10.3 Å². The Morgan fingerprint density at radius 1 is 1.25 bits per heavy atom. The van der Waals surface area contributed by atoms with E-state index >= 15 is 0 Å². The molecule has 20 heavy (non-hydrogen) atoms. The highest BCUT2D eigenvalue weighted by Gasteiger charge is 2.16. The molecule has 1 amide bonds. The van der Waals surface area contributed by atoms with Gasteiger partial charge in [0.05, 0.1) is 16.6 Å². The van der Waals surface area contributed by atoms with Crippen LogP contribution in [0.2, 0.25) is 10.0 Å². The molecule has 1 heterocycles. The molecule has 1 atom stereocenters. The van der Waals surface area contributed by atoms with E-state index in [0.717, 1.165) is 12.0 Å². The van der Waals surface area contributed by atoms with E-state index in [-0.39, 0.29) is 11.9 Å². The second-order valence-corrected chi connectivity index (χ2v) is 5.19. The first kappa shape index (κ1) is 14.8. The maximum atomic E-state index is 12.2. The molecule has 0 spiro atoms. The van der Waals surface area contributed by atoms with E-state index < -0.39 is 0 Å². The molecule has 0 aliphatic heterocycles. The van der Waals surface area contributed by atoms with Crippen LogP contribution in [0.25, 0.3) is 0 Å². The largest absolute Gasteiger partial charge is 0.345 e. The fourth-order valence-electron chi connectivity index (χ4n) is 1.91. The van der Waals surface area contributed by atoms with E-state index in [4.69, 9.17) is 23.2 Å². The SMILES string of the molecule is CCC(NC(=O)c1ccncc1Cl)c1ccc(Cl)cc1.